The van der Waals surface area contributed by atoms with E-state index in [2.05, 4.69) is 20.4 Å². The first-order chi connectivity index (χ1) is 12.1. The normalized spacial score (nSPS) is 33.6. The van der Waals surface area contributed by atoms with Crippen LogP contribution >= 0.6 is 0 Å². The van der Waals surface area contributed by atoms with Gasteiger partial charge in [0.15, 0.2) is 0 Å². The minimum atomic E-state index is 0.604. The van der Waals surface area contributed by atoms with Crippen molar-refractivity contribution < 1.29 is 9.84 Å². The summed E-state index contributed by atoms with van der Waals surface area (Å²) in [5.74, 6) is 1.82. The van der Waals surface area contributed by atoms with Gasteiger partial charge in [-0.05, 0) is 75.0 Å². The molecule has 1 heterocycles. The maximum Gasteiger partial charge on any atom is 0.0844 e. The van der Waals surface area contributed by atoms with Gasteiger partial charge in [-0.1, -0.05) is 52.7 Å². The SMILES string of the molecule is C=C1CCC[C@@]2(CC[C@@H](CC3OC3CC(CC)CC)C2)C1.CC.CO. The number of epoxide rings is 1. The van der Waals surface area contributed by atoms with Crippen LogP contribution in [0.3, 0.4) is 0 Å². The molecule has 1 saturated heterocycles. The minimum absolute atomic E-state index is 0.604. The Morgan fingerprint density at radius 3 is 2.44 bits per heavy atom. The molecule has 3 fully saturated rings. The van der Waals surface area contributed by atoms with Gasteiger partial charge < -0.3 is 9.84 Å². The van der Waals surface area contributed by atoms with Crippen molar-refractivity contribution >= 4 is 0 Å². The molecule has 2 aliphatic carbocycles. The average molecular weight is 353 g/mol. The van der Waals surface area contributed by atoms with Gasteiger partial charge in [-0.3, -0.25) is 0 Å². The predicted molar refractivity (Wildman–Crippen MR) is 109 cm³/mol. The summed E-state index contributed by atoms with van der Waals surface area (Å²) in [6.45, 7) is 12.9. The average Bonchev–Trinajstić information content (AvgIpc) is 3.27. The number of hydrogen-bond acceptors (Lipinski definition) is 2. The van der Waals surface area contributed by atoms with Crippen LogP contribution in [0.4, 0.5) is 0 Å². The maximum absolute atomic E-state index is 7.00. The first-order valence-electron chi connectivity index (χ1n) is 10.9. The second kappa shape index (κ2) is 11.4. The Kier molecular flexibility index (Phi) is 10.3. The van der Waals surface area contributed by atoms with E-state index in [1.165, 1.54) is 76.2 Å². The Bertz CT molecular complexity index is 374. The van der Waals surface area contributed by atoms with E-state index in [-0.39, 0.29) is 0 Å². The van der Waals surface area contributed by atoms with Crippen LogP contribution in [0, 0.1) is 17.3 Å². The fourth-order valence-electron chi connectivity index (χ4n) is 5.21. The molecule has 3 aliphatic rings. The monoisotopic (exact) mass is 352 g/mol. The molecule has 0 aromatic heterocycles. The molecule has 1 spiro atoms. The van der Waals surface area contributed by atoms with Crippen molar-refractivity contribution in [3.8, 4) is 0 Å². The first kappa shape index (κ1) is 22.7. The number of allylic oxidation sites excluding steroid dienone is 1. The lowest BCUT2D eigenvalue weighted by Gasteiger charge is -2.35. The number of aliphatic hydroxyl groups excluding tert-OH is 1. The van der Waals surface area contributed by atoms with E-state index in [0.717, 1.165) is 18.9 Å². The van der Waals surface area contributed by atoms with E-state index in [1.807, 2.05) is 13.8 Å². The Labute approximate surface area is 157 Å². The molecule has 2 unspecified atom stereocenters. The van der Waals surface area contributed by atoms with E-state index in [4.69, 9.17) is 9.84 Å². The van der Waals surface area contributed by atoms with Crippen molar-refractivity contribution in [1.82, 2.24) is 0 Å². The molecule has 0 aromatic rings. The Morgan fingerprint density at radius 1 is 1.16 bits per heavy atom. The molecule has 1 aliphatic heterocycles. The second-order valence-electron chi connectivity index (χ2n) is 8.26. The van der Waals surface area contributed by atoms with Crippen LogP contribution < -0.4 is 0 Å². The predicted octanol–water partition coefficient (Wildman–Crippen LogP) is 6.52. The topological polar surface area (TPSA) is 32.8 Å². The molecular formula is C23H44O2. The Balaban J connectivity index is 0.000000730. The lowest BCUT2D eigenvalue weighted by atomic mass is 9.70. The molecule has 0 bridgehead atoms. The van der Waals surface area contributed by atoms with Crippen molar-refractivity contribution in [3.05, 3.63) is 12.2 Å². The van der Waals surface area contributed by atoms with Gasteiger partial charge in [0.2, 0.25) is 0 Å². The smallest absolute Gasteiger partial charge is 0.0844 e. The summed E-state index contributed by atoms with van der Waals surface area (Å²) in [4.78, 5) is 0. The van der Waals surface area contributed by atoms with E-state index >= 15 is 0 Å². The molecule has 2 nitrogen and oxygen atoms in total. The van der Waals surface area contributed by atoms with Crippen molar-refractivity contribution in [1.29, 1.82) is 0 Å². The molecule has 4 atom stereocenters. The standard InChI is InChI=1S/C20H34O.C2H6.CH4O/c1-4-16(5-2)11-18-19(21-18)12-17-8-10-20(14-17)9-6-7-15(3)13-20;2*1-2/h16-19H,3-14H2,1-2H3;1-2H3;2H,1H3/t17-,18?,19?,20+;;/m0../s1. The maximum atomic E-state index is 7.00. The summed E-state index contributed by atoms with van der Waals surface area (Å²) in [5.41, 5.74) is 2.18. The molecule has 25 heavy (non-hydrogen) atoms. The van der Waals surface area contributed by atoms with Gasteiger partial charge in [-0.2, -0.15) is 0 Å². The molecule has 0 radical (unpaired) electrons. The molecule has 148 valence electrons. The number of ether oxygens (including phenoxy) is 1. The molecule has 2 heteroatoms. The van der Waals surface area contributed by atoms with E-state index in [0.29, 0.717) is 17.6 Å². The van der Waals surface area contributed by atoms with E-state index < -0.39 is 0 Å². The Morgan fingerprint density at radius 2 is 1.84 bits per heavy atom. The zero-order valence-corrected chi connectivity index (χ0v) is 17.7. The van der Waals surface area contributed by atoms with Gasteiger partial charge in [0, 0.05) is 7.11 Å². The van der Waals surface area contributed by atoms with Crippen LogP contribution in [0.1, 0.15) is 98.3 Å². The van der Waals surface area contributed by atoms with Crippen molar-refractivity contribution in [3.63, 3.8) is 0 Å². The molecule has 3 rings (SSSR count). The van der Waals surface area contributed by atoms with E-state index in [1.54, 1.807) is 0 Å². The molecule has 1 N–H and O–H groups in total. The highest BCUT2D eigenvalue weighted by Crippen LogP contribution is 2.54. The molecule has 2 saturated carbocycles. The third-order valence-electron chi connectivity index (χ3n) is 6.64. The first-order valence-corrected chi connectivity index (χ1v) is 10.9. The van der Waals surface area contributed by atoms with Gasteiger partial charge in [-0.15, -0.1) is 0 Å². The fraction of sp³-hybridized carbons (Fsp3) is 0.913. The van der Waals surface area contributed by atoms with Crippen LogP contribution in [-0.2, 0) is 4.74 Å². The summed E-state index contributed by atoms with van der Waals surface area (Å²) >= 11 is 0. The fourth-order valence-corrected chi connectivity index (χ4v) is 5.21. The second-order valence-corrected chi connectivity index (χ2v) is 8.26. The third kappa shape index (κ3) is 6.71. The summed E-state index contributed by atoms with van der Waals surface area (Å²) in [5, 5.41) is 7.00. The van der Waals surface area contributed by atoms with Crippen LogP contribution in [-0.4, -0.2) is 24.4 Å². The van der Waals surface area contributed by atoms with Gasteiger partial charge in [0.05, 0.1) is 12.2 Å². The van der Waals surface area contributed by atoms with Gasteiger partial charge >= 0.3 is 0 Å². The molecule has 0 amide bonds. The van der Waals surface area contributed by atoms with Crippen LogP contribution in [0.25, 0.3) is 0 Å². The minimum Gasteiger partial charge on any atom is -0.400 e. The molecular weight excluding hydrogens is 308 g/mol. The quantitative estimate of drug-likeness (QED) is 0.436. The number of rotatable bonds is 6. The van der Waals surface area contributed by atoms with Gasteiger partial charge in [0.1, 0.15) is 0 Å². The summed E-state index contributed by atoms with van der Waals surface area (Å²) in [6, 6.07) is 0. The highest BCUT2D eigenvalue weighted by Gasteiger charge is 2.45. The zero-order valence-electron chi connectivity index (χ0n) is 17.7. The van der Waals surface area contributed by atoms with Gasteiger partial charge in [0.25, 0.3) is 0 Å². The largest absolute Gasteiger partial charge is 0.400 e. The zero-order chi connectivity index (χ0) is 18.9. The highest BCUT2D eigenvalue weighted by atomic mass is 16.6. The van der Waals surface area contributed by atoms with Crippen LogP contribution in [0.15, 0.2) is 12.2 Å². The summed E-state index contributed by atoms with van der Waals surface area (Å²) in [7, 11) is 1.00. The lowest BCUT2D eigenvalue weighted by Crippen LogP contribution is -2.22. The number of aliphatic hydroxyl groups is 1. The van der Waals surface area contributed by atoms with Crippen molar-refractivity contribution in [2.24, 2.45) is 17.3 Å². The molecule has 0 aromatic carbocycles. The van der Waals surface area contributed by atoms with Crippen LogP contribution in [0.2, 0.25) is 0 Å². The highest BCUT2D eigenvalue weighted by molar-refractivity contribution is 5.07. The number of hydrogen-bond donors (Lipinski definition) is 1. The summed E-state index contributed by atoms with van der Waals surface area (Å²) < 4.78 is 5.99. The third-order valence-corrected chi connectivity index (χ3v) is 6.64. The lowest BCUT2D eigenvalue weighted by molar-refractivity contribution is 0.220. The van der Waals surface area contributed by atoms with Crippen LogP contribution in [0.5, 0.6) is 0 Å². The Hall–Kier alpha value is -0.340. The summed E-state index contributed by atoms with van der Waals surface area (Å²) in [6.07, 6.45) is 16.3. The van der Waals surface area contributed by atoms with Crippen molar-refractivity contribution in [2.45, 2.75) is 111 Å². The van der Waals surface area contributed by atoms with Gasteiger partial charge in [-0.25, -0.2) is 0 Å². The van der Waals surface area contributed by atoms with Crippen molar-refractivity contribution in [2.75, 3.05) is 7.11 Å². The van der Waals surface area contributed by atoms with E-state index in [9.17, 15) is 0 Å².